The van der Waals surface area contributed by atoms with Gasteiger partial charge in [0.05, 0.1) is 12.7 Å². The summed E-state index contributed by atoms with van der Waals surface area (Å²) in [6.07, 6.45) is 3.58. The van der Waals surface area contributed by atoms with Crippen LogP contribution in [-0.4, -0.2) is 21.5 Å². The number of rotatable bonds is 7. The third-order valence-electron chi connectivity index (χ3n) is 2.67. The van der Waals surface area contributed by atoms with Gasteiger partial charge in [-0.25, -0.2) is 4.98 Å². The van der Waals surface area contributed by atoms with Gasteiger partial charge >= 0.3 is 0 Å². The Labute approximate surface area is 118 Å². The standard InChI is InChI=1S/C13H20N6O/c1-3-5-15-10-6-11(19-13(14)18-10)16-8-12-17-7-9(4-2)20-12/h6-7H,3-5,8H2,1-2H3,(H4,14,15,16,18,19). The third kappa shape index (κ3) is 3.84. The van der Waals surface area contributed by atoms with Gasteiger partial charge in [-0.3, -0.25) is 0 Å². The van der Waals surface area contributed by atoms with Gasteiger partial charge in [-0.05, 0) is 6.42 Å². The molecule has 108 valence electrons. The molecule has 0 aromatic carbocycles. The lowest BCUT2D eigenvalue weighted by atomic mass is 10.4. The number of aromatic nitrogens is 3. The zero-order valence-electron chi connectivity index (χ0n) is 11.8. The maximum absolute atomic E-state index is 5.68. The molecule has 0 saturated carbocycles. The summed E-state index contributed by atoms with van der Waals surface area (Å²) < 4.78 is 5.52. The Morgan fingerprint density at radius 2 is 1.95 bits per heavy atom. The molecule has 0 fully saturated rings. The van der Waals surface area contributed by atoms with Crippen LogP contribution in [0.15, 0.2) is 16.7 Å². The van der Waals surface area contributed by atoms with Crippen LogP contribution in [0.5, 0.6) is 0 Å². The Morgan fingerprint density at radius 3 is 2.60 bits per heavy atom. The number of anilines is 3. The third-order valence-corrected chi connectivity index (χ3v) is 2.67. The van der Waals surface area contributed by atoms with Gasteiger partial charge in [0.15, 0.2) is 0 Å². The van der Waals surface area contributed by atoms with Gasteiger partial charge in [-0.2, -0.15) is 9.97 Å². The number of nitrogen functional groups attached to an aromatic ring is 1. The largest absolute Gasteiger partial charge is 0.444 e. The highest BCUT2D eigenvalue weighted by Gasteiger charge is 2.05. The van der Waals surface area contributed by atoms with Gasteiger partial charge in [-0.1, -0.05) is 13.8 Å². The highest BCUT2D eigenvalue weighted by atomic mass is 16.4. The van der Waals surface area contributed by atoms with Crippen LogP contribution in [0.1, 0.15) is 31.9 Å². The van der Waals surface area contributed by atoms with Gasteiger partial charge in [-0.15, -0.1) is 0 Å². The van der Waals surface area contributed by atoms with Crippen molar-refractivity contribution in [3.8, 4) is 0 Å². The Hall–Kier alpha value is -2.31. The second kappa shape index (κ2) is 6.74. The maximum atomic E-state index is 5.68. The first kappa shape index (κ1) is 14.1. The van der Waals surface area contributed by atoms with E-state index in [4.69, 9.17) is 10.2 Å². The summed E-state index contributed by atoms with van der Waals surface area (Å²) in [5.74, 6) is 3.09. The van der Waals surface area contributed by atoms with Gasteiger partial charge in [0.1, 0.15) is 17.4 Å². The van der Waals surface area contributed by atoms with E-state index >= 15 is 0 Å². The lowest BCUT2D eigenvalue weighted by molar-refractivity contribution is 0.465. The van der Waals surface area contributed by atoms with Crippen molar-refractivity contribution in [2.45, 2.75) is 33.2 Å². The normalized spacial score (nSPS) is 10.5. The quantitative estimate of drug-likeness (QED) is 0.711. The second-order valence-corrected chi connectivity index (χ2v) is 4.35. The smallest absolute Gasteiger partial charge is 0.223 e. The summed E-state index contributed by atoms with van der Waals surface area (Å²) in [7, 11) is 0. The highest BCUT2D eigenvalue weighted by Crippen LogP contribution is 2.14. The van der Waals surface area contributed by atoms with Crippen LogP contribution >= 0.6 is 0 Å². The van der Waals surface area contributed by atoms with Crippen LogP contribution in [0, 0.1) is 0 Å². The van der Waals surface area contributed by atoms with Crippen LogP contribution < -0.4 is 16.4 Å². The number of hydrogen-bond acceptors (Lipinski definition) is 7. The first-order valence-corrected chi connectivity index (χ1v) is 6.77. The molecule has 7 nitrogen and oxygen atoms in total. The molecule has 2 aromatic rings. The van der Waals surface area contributed by atoms with E-state index in [0.717, 1.165) is 25.1 Å². The molecule has 0 spiro atoms. The van der Waals surface area contributed by atoms with E-state index in [1.807, 2.05) is 13.0 Å². The van der Waals surface area contributed by atoms with E-state index in [1.54, 1.807) is 6.20 Å². The number of nitrogens with two attached hydrogens (primary N) is 1. The molecule has 7 heteroatoms. The molecule has 0 aliphatic rings. The molecular weight excluding hydrogens is 256 g/mol. The molecule has 0 unspecified atom stereocenters. The molecule has 0 aliphatic carbocycles. The van der Waals surface area contributed by atoms with Crippen molar-refractivity contribution in [2.24, 2.45) is 0 Å². The summed E-state index contributed by atoms with van der Waals surface area (Å²) >= 11 is 0. The molecule has 0 atom stereocenters. The average Bonchev–Trinajstić information content (AvgIpc) is 2.90. The topological polar surface area (TPSA) is 102 Å². The van der Waals surface area contributed by atoms with E-state index < -0.39 is 0 Å². The SMILES string of the molecule is CCCNc1cc(NCc2ncc(CC)o2)nc(N)n1. The first-order chi connectivity index (χ1) is 9.71. The minimum absolute atomic E-state index is 0.232. The molecule has 0 saturated heterocycles. The predicted octanol–water partition coefficient (Wildman–Crippen LogP) is 2.04. The van der Waals surface area contributed by atoms with Crippen molar-refractivity contribution >= 4 is 17.6 Å². The molecule has 2 rings (SSSR count). The molecule has 2 aromatic heterocycles. The van der Waals surface area contributed by atoms with Crippen LogP contribution in [0.3, 0.4) is 0 Å². The molecule has 0 amide bonds. The lowest BCUT2D eigenvalue weighted by Crippen LogP contribution is -2.08. The number of oxazole rings is 1. The molecular formula is C13H20N6O. The Bertz CT molecular complexity index is 554. The van der Waals surface area contributed by atoms with Crippen molar-refractivity contribution in [1.82, 2.24) is 15.0 Å². The fourth-order valence-electron chi connectivity index (χ4n) is 1.66. The molecule has 4 N–H and O–H groups in total. The highest BCUT2D eigenvalue weighted by molar-refractivity contribution is 5.50. The van der Waals surface area contributed by atoms with E-state index in [0.29, 0.717) is 24.1 Å². The first-order valence-electron chi connectivity index (χ1n) is 6.77. The van der Waals surface area contributed by atoms with E-state index in [2.05, 4.69) is 32.5 Å². The molecule has 0 aliphatic heterocycles. The van der Waals surface area contributed by atoms with Crippen LogP contribution in [-0.2, 0) is 13.0 Å². The second-order valence-electron chi connectivity index (χ2n) is 4.35. The number of nitrogens with zero attached hydrogens (tertiary/aromatic N) is 3. The summed E-state index contributed by atoms with van der Waals surface area (Å²) in [4.78, 5) is 12.4. The minimum Gasteiger partial charge on any atom is -0.444 e. The predicted molar refractivity (Wildman–Crippen MR) is 78.4 cm³/mol. The number of hydrogen-bond donors (Lipinski definition) is 3. The van der Waals surface area contributed by atoms with E-state index in [1.165, 1.54) is 0 Å². The fraction of sp³-hybridized carbons (Fsp3) is 0.462. The molecule has 0 radical (unpaired) electrons. The molecule has 0 bridgehead atoms. The average molecular weight is 276 g/mol. The summed E-state index contributed by atoms with van der Waals surface area (Å²) in [5, 5.41) is 6.31. The Kier molecular flexibility index (Phi) is 4.75. The monoisotopic (exact) mass is 276 g/mol. The van der Waals surface area contributed by atoms with Gasteiger partial charge in [0.25, 0.3) is 0 Å². The lowest BCUT2D eigenvalue weighted by Gasteiger charge is -2.08. The number of aryl methyl sites for hydroxylation is 1. The van der Waals surface area contributed by atoms with Crippen molar-refractivity contribution in [2.75, 3.05) is 22.9 Å². The van der Waals surface area contributed by atoms with Crippen molar-refractivity contribution in [3.63, 3.8) is 0 Å². The Morgan fingerprint density at radius 1 is 1.20 bits per heavy atom. The van der Waals surface area contributed by atoms with Gasteiger partial charge < -0.3 is 20.8 Å². The van der Waals surface area contributed by atoms with E-state index in [9.17, 15) is 0 Å². The van der Waals surface area contributed by atoms with Gasteiger partial charge in [0.2, 0.25) is 11.8 Å². The molecule has 2 heterocycles. The van der Waals surface area contributed by atoms with Gasteiger partial charge in [0, 0.05) is 19.0 Å². The van der Waals surface area contributed by atoms with Crippen LogP contribution in [0.2, 0.25) is 0 Å². The van der Waals surface area contributed by atoms with Crippen LogP contribution in [0.4, 0.5) is 17.6 Å². The Balaban J connectivity index is 1.99. The zero-order chi connectivity index (χ0) is 14.4. The summed E-state index contributed by atoms with van der Waals surface area (Å²) in [6, 6.07) is 1.82. The van der Waals surface area contributed by atoms with Crippen molar-refractivity contribution in [3.05, 3.63) is 23.9 Å². The summed E-state index contributed by atoms with van der Waals surface area (Å²) in [6.45, 7) is 5.41. The summed E-state index contributed by atoms with van der Waals surface area (Å²) in [5.41, 5.74) is 5.68. The van der Waals surface area contributed by atoms with Crippen molar-refractivity contribution < 1.29 is 4.42 Å². The minimum atomic E-state index is 0.232. The van der Waals surface area contributed by atoms with Crippen LogP contribution in [0.25, 0.3) is 0 Å². The molecule has 20 heavy (non-hydrogen) atoms. The maximum Gasteiger partial charge on any atom is 0.223 e. The zero-order valence-corrected chi connectivity index (χ0v) is 11.8. The number of nitrogens with one attached hydrogen (secondary N) is 2. The van der Waals surface area contributed by atoms with Crippen molar-refractivity contribution in [1.29, 1.82) is 0 Å². The van der Waals surface area contributed by atoms with E-state index in [-0.39, 0.29) is 5.95 Å². The fourth-order valence-corrected chi connectivity index (χ4v) is 1.66.